The number of benzene rings is 1. The summed E-state index contributed by atoms with van der Waals surface area (Å²) in [4.78, 5) is 14.4. The van der Waals surface area contributed by atoms with Crippen molar-refractivity contribution in [3.05, 3.63) is 44.8 Å². The van der Waals surface area contributed by atoms with E-state index in [0.717, 1.165) is 5.56 Å². The first-order chi connectivity index (χ1) is 8.15. The van der Waals surface area contributed by atoms with Gasteiger partial charge in [0.05, 0.1) is 0 Å². The van der Waals surface area contributed by atoms with Crippen LogP contribution in [0.4, 0.5) is 0 Å². The number of carbonyl (C=O) groups excluding carboxylic acids is 1. The zero-order chi connectivity index (χ0) is 12.7. The van der Waals surface area contributed by atoms with Crippen molar-refractivity contribution in [3.63, 3.8) is 0 Å². The number of halogens is 1. The van der Waals surface area contributed by atoms with Crippen molar-refractivity contribution in [3.8, 4) is 0 Å². The van der Waals surface area contributed by atoms with E-state index in [1.807, 2.05) is 6.92 Å². The summed E-state index contributed by atoms with van der Waals surface area (Å²) in [7, 11) is 0. The van der Waals surface area contributed by atoms with Crippen molar-refractivity contribution < 1.29 is 4.79 Å². The van der Waals surface area contributed by atoms with Crippen LogP contribution in [-0.4, -0.2) is 19.0 Å². The molecule has 5 nitrogen and oxygen atoms in total. The maximum atomic E-state index is 11.8. The number of hydrogen-bond acceptors (Lipinski definition) is 2. The van der Waals surface area contributed by atoms with Crippen LogP contribution in [0.1, 0.15) is 22.3 Å². The second-order valence-corrected chi connectivity index (χ2v) is 3.96. The maximum Gasteiger partial charge on any atom is 0.251 e. The second kappa shape index (κ2) is 6.78. The van der Waals surface area contributed by atoms with Crippen LogP contribution in [0.25, 0.3) is 10.4 Å². The van der Waals surface area contributed by atoms with Gasteiger partial charge in [0.15, 0.2) is 0 Å². The third-order valence-corrected chi connectivity index (χ3v) is 2.45. The molecule has 0 heterocycles. The summed E-state index contributed by atoms with van der Waals surface area (Å²) < 4.78 is 0. The van der Waals surface area contributed by atoms with E-state index in [1.54, 1.807) is 18.2 Å². The third-order valence-electron chi connectivity index (χ3n) is 2.22. The van der Waals surface area contributed by atoms with E-state index in [1.165, 1.54) is 0 Å². The molecule has 0 fully saturated rings. The van der Waals surface area contributed by atoms with Gasteiger partial charge in [-0.2, -0.15) is 0 Å². The van der Waals surface area contributed by atoms with Crippen LogP contribution in [0.5, 0.6) is 0 Å². The van der Waals surface area contributed by atoms with E-state index in [2.05, 4.69) is 15.3 Å². The quantitative estimate of drug-likeness (QED) is 0.372. The van der Waals surface area contributed by atoms with E-state index < -0.39 is 0 Å². The predicted molar refractivity (Wildman–Crippen MR) is 67.2 cm³/mol. The maximum absolute atomic E-state index is 11.8. The molecule has 0 aromatic heterocycles. The van der Waals surface area contributed by atoms with Crippen molar-refractivity contribution in [1.82, 2.24) is 5.32 Å². The second-order valence-electron chi connectivity index (χ2n) is 3.52. The van der Waals surface area contributed by atoms with Gasteiger partial charge in [0.25, 0.3) is 5.91 Å². The van der Waals surface area contributed by atoms with E-state index in [0.29, 0.717) is 30.1 Å². The molecule has 0 saturated carbocycles. The molecule has 17 heavy (non-hydrogen) atoms. The number of aryl methyl sites for hydroxylation is 1. The molecule has 0 aliphatic carbocycles. The Kier molecular flexibility index (Phi) is 5.33. The highest BCUT2D eigenvalue weighted by atomic mass is 35.5. The Bertz CT molecular complexity index is 455. The molecule has 1 N–H and O–H groups in total. The Morgan fingerprint density at radius 3 is 3.00 bits per heavy atom. The molecule has 1 aromatic rings. The Morgan fingerprint density at radius 2 is 2.35 bits per heavy atom. The minimum absolute atomic E-state index is 0.139. The van der Waals surface area contributed by atoms with Crippen LogP contribution < -0.4 is 5.32 Å². The number of amides is 1. The van der Waals surface area contributed by atoms with Crippen LogP contribution in [0.3, 0.4) is 0 Å². The van der Waals surface area contributed by atoms with E-state index in [-0.39, 0.29) is 5.91 Å². The summed E-state index contributed by atoms with van der Waals surface area (Å²) in [5, 5.41) is 6.75. The lowest BCUT2D eigenvalue weighted by atomic mass is 10.1. The molecular weight excluding hydrogens is 240 g/mol. The molecule has 90 valence electrons. The molecule has 0 saturated heterocycles. The topological polar surface area (TPSA) is 77.9 Å². The number of hydrogen-bond donors (Lipinski definition) is 1. The molecule has 0 aliphatic heterocycles. The summed E-state index contributed by atoms with van der Waals surface area (Å²) in [6, 6.07) is 5.13. The van der Waals surface area contributed by atoms with Gasteiger partial charge in [-0.15, -0.1) is 0 Å². The van der Waals surface area contributed by atoms with Crippen LogP contribution in [0.2, 0.25) is 5.02 Å². The van der Waals surface area contributed by atoms with Gasteiger partial charge in [-0.3, -0.25) is 4.79 Å². The van der Waals surface area contributed by atoms with Gasteiger partial charge in [-0.1, -0.05) is 16.7 Å². The zero-order valence-corrected chi connectivity index (χ0v) is 10.2. The molecule has 1 aromatic carbocycles. The molecule has 0 unspecified atom stereocenters. The lowest BCUT2D eigenvalue weighted by Crippen LogP contribution is -2.25. The van der Waals surface area contributed by atoms with Crippen LogP contribution in [-0.2, 0) is 0 Å². The highest BCUT2D eigenvalue weighted by Crippen LogP contribution is 2.14. The van der Waals surface area contributed by atoms with E-state index in [4.69, 9.17) is 17.1 Å². The first-order valence-electron chi connectivity index (χ1n) is 5.20. The van der Waals surface area contributed by atoms with Crippen molar-refractivity contribution in [2.75, 3.05) is 13.1 Å². The SMILES string of the molecule is Cc1cc(Cl)ccc1C(=O)NCCCN=[N+]=[N-]. The summed E-state index contributed by atoms with van der Waals surface area (Å²) in [6.07, 6.45) is 0.627. The number of nitrogens with one attached hydrogen (secondary N) is 1. The summed E-state index contributed by atoms with van der Waals surface area (Å²) in [6.45, 7) is 2.71. The smallest absolute Gasteiger partial charge is 0.251 e. The van der Waals surface area contributed by atoms with Crippen molar-refractivity contribution >= 4 is 17.5 Å². The van der Waals surface area contributed by atoms with Gasteiger partial charge >= 0.3 is 0 Å². The lowest BCUT2D eigenvalue weighted by molar-refractivity contribution is 0.0953. The predicted octanol–water partition coefficient (Wildman–Crippen LogP) is 3.08. The lowest BCUT2D eigenvalue weighted by Gasteiger charge is -2.07. The summed E-state index contributed by atoms with van der Waals surface area (Å²) in [5.74, 6) is -0.139. The molecule has 0 atom stereocenters. The van der Waals surface area contributed by atoms with Crippen molar-refractivity contribution in [2.45, 2.75) is 13.3 Å². The zero-order valence-electron chi connectivity index (χ0n) is 9.48. The van der Waals surface area contributed by atoms with Crippen molar-refractivity contribution in [1.29, 1.82) is 0 Å². The van der Waals surface area contributed by atoms with Crippen LogP contribution in [0, 0.1) is 6.92 Å². The van der Waals surface area contributed by atoms with E-state index >= 15 is 0 Å². The van der Waals surface area contributed by atoms with Crippen LogP contribution >= 0.6 is 11.6 Å². The van der Waals surface area contributed by atoms with Crippen molar-refractivity contribution in [2.24, 2.45) is 5.11 Å². The Labute approximate surface area is 104 Å². The number of rotatable bonds is 5. The minimum Gasteiger partial charge on any atom is -0.352 e. The molecular formula is C11H13ClN4O. The number of azide groups is 1. The fourth-order valence-electron chi connectivity index (χ4n) is 1.37. The van der Waals surface area contributed by atoms with Gasteiger partial charge in [-0.05, 0) is 42.6 Å². The molecule has 1 amide bonds. The average molecular weight is 253 g/mol. The van der Waals surface area contributed by atoms with Gasteiger partial charge in [0.2, 0.25) is 0 Å². The van der Waals surface area contributed by atoms with Gasteiger partial charge in [0, 0.05) is 28.6 Å². The first kappa shape index (κ1) is 13.4. The van der Waals surface area contributed by atoms with Gasteiger partial charge in [0.1, 0.15) is 0 Å². The standard InChI is InChI=1S/C11H13ClN4O/c1-8-7-9(12)3-4-10(8)11(17)14-5-2-6-15-16-13/h3-4,7H,2,5-6H2,1H3,(H,14,17). The highest BCUT2D eigenvalue weighted by Gasteiger charge is 2.07. The molecule has 1 rings (SSSR count). The normalized spacial score (nSPS) is 9.53. The fraction of sp³-hybridized carbons (Fsp3) is 0.364. The molecule has 0 spiro atoms. The monoisotopic (exact) mass is 252 g/mol. The highest BCUT2D eigenvalue weighted by molar-refractivity contribution is 6.30. The Morgan fingerprint density at radius 1 is 1.59 bits per heavy atom. The largest absolute Gasteiger partial charge is 0.352 e. The van der Waals surface area contributed by atoms with Crippen LogP contribution in [0.15, 0.2) is 23.3 Å². The molecule has 0 radical (unpaired) electrons. The van der Waals surface area contributed by atoms with Gasteiger partial charge in [-0.25, -0.2) is 0 Å². The molecule has 0 bridgehead atoms. The van der Waals surface area contributed by atoms with Gasteiger partial charge < -0.3 is 5.32 Å². The van der Waals surface area contributed by atoms with E-state index in [9.17, 15) is 4.79 Å². The Balaban J connectivity index is 2.49. The summed E-state index contributed by atoms with van der Waals surface area (Å²) in [5.41, 5.74) is 9.52. The summed E-state index contributed by atoms with van der Waals surface area (Å²) >= 11 is 5.80. The number of carbonyl (C=O) groups is 1. The number of nitrogens with zero attached hydrogens (tertiary/aromatic N) is 3. The third kappa shape index (κ3) is 4.34. The fourth-order valence-corrected chi connectivity index (χ4v) is 1.60. The first-order valence-corrected chi connectivity index (χ1v) is 5.58. The minimum atomic E-state index is -0.139. The average Bonchev–Trinajstić information content (AvgIpc) is 2.28. The molecule has 6 heteroatoms. The Hall–Kier alpha value is -1.71. The molecule has 0 aliphatic rings.